The van der Waals surface area contributed by atoms with E-state index in [1.54, 1.807) is 0 Å². The molecule has 0 spiro atoms. The summed E-state index contributed by atoms with van der Waals surface area (Å²) >= 11 is 0. The summed E-state index contributed by atoms with van der Waals surface area (Å²) in [6, 6.07) is 2.17. The minimum Gasteiger partial charge on any atom is -0.394 e. The van der Waals surface area contributed by atoms with E-state index in [-0.39, 0.29) is 12.6 Å². The molecular formula is C12H16F3N3O. The summed E-state index contributed by atoms with van der Waals surface area (Å²) in [6.45, 7) is 0.661. The number of nitrogens with zero attached hydrogens (tertiary/aromatic N) is 3. The Bertz CT molecular complexity index is 408. The summed E-state index contributed by atoms with van der Waals surface area (Å²) in [6.07, 6.45) is -0.643. The van der Waals surface area contributed by atoms with Crippen molar-refractivity contribution in [1.82, 2.24) is 10.2 Å². The molecule has 0 bridgehead atoms. The monoisotopic (exact) mass is 275 g/mol. The van der Waals surface area contributed by atoms with Crippen LogP contribution in [0.2, 0.25) is 0 Å². The first kappa shape index (κ1) is 14.0. The van der Waals surface area contributed by atoms with Gasteiger partial charge in [0.25, 0.3) is 0 Å². The maximum Gasteiger partial charge on any atom is 0.435 e. The normalized spacial score (nSPS) is 21.3. The third-order valence-corrected chi connectivity index (χ3v) is 3.32. The fourth-order valence-corrected chi connectivity index (χ4v) is 2.30. The molecule has 1 unspecified atom stereocenters. The van der Waals surface area contributed by atoms with Crippen molar-refractivity contribution in [3.05, 3.63) is 17.8 Å². The number of aromatic nitrogens is 2. The van der Waals surface area contributed by atoms with Crippen molar-refractivity contribution in [2.24, 2.45) is 0 Å². The molecule has 2 heterocycles. The molecule has 19 heavy (non-hydrogen) atoms. The molecule has 1 saturated heterocycles. The highest BCUT2D eigenvalue weighted by molar-refractivity contribution is 5.39. The van der Waals surface area contributed by atoms with Crippen molar-refractivity contribution < 1.29 is 18.3 Å². The minimum atomic E-state index is -4.47. The number of halogens is 3. The quantitative estimate of drug-likeness (QED) is 0.899. The number of hydrogen-bond donors (Lipinski definition) is 1. The van der Waals surface area contributed by atoms with E-state index >= 15 is 0 Å². The van der Waals surface area contributed by atoms with Crippen molar-refractivity contribution in [1.29, 1.82) is 0 Å². The Morgan fingerprint density at radius 2 is 2.00 bits per heavy atom. The van der Waals surface area contributed by atoms with Gasteiger partial charge >= 0.3 is 6.18 Å². The van der Waals surface area contributed by atoms with E-state index in [1.807, 2.05) is 4.90 Å². The van der Waals surface area contributed by atoms with Crippen LogP contribution in [0.5, 0.6) is 0 Å². The number of aliphatic hydroxyl groups excluding tert-OH is 1. The van der Waals surface area contributed by atoms with Gasteiger partial charge < -0.3 is 10.0 Å². The van der Waals surface area contributed by atoms with Crippen LogP contribution in [-0.2, 0) is 6.18 Å². The smallest absolute Gasteiger partial charge is 0.394 e. The van der Waals surface area contributed by atoms with Crippen LogP contribution in [0, 0.1) is 0 Å². The second-order valence-electron chi connectivity index (χ2n) is 4.65. The molecule has 1 atom stereocenters. The molecule has 0 amide bonds. The number of hydrogen-bond acceptors (Lipinski definition) is 4. The molecule has 4 nitrogen and oxygen atoms in total. The first-order chi connectivity index (χ1) is 9.02. The van der Waals surface area contributed by atoms with Gasteiger partial charge in [-0.3, -0.25) is 0 Å². The fourth-order valence-electron chi connectivity index (χ4n) is 2.30. The lowest BCUT2D eigenvalue weighted by Gasteiger charge is -2.29. The maximum atomic E-state index is 12.4. The first-order valence-corrected chi connectivity index (χ1v) is 6.31. The Kier molecular flexibility index (Phi) is 4.24. The van der Waals surface area contributed by atoms with Crippen molar-refractivity contribution in [3.8, 4) is 0 Å². The average Bonchev–Trinajstić information content (AvgIpc) is 2.62. The van der Waals surface area contributed by atoms with Crippen molar-refractivity contribution in [2.45, 2.75) is 37.9 Å². The number of aliphatic hydroxyl groups is 1. The lowest BCUT2D eigenvalue weighted by molar-refractivity contribution is -0.141. The highest BCUT2D eigenvalue weighted by Crippen LogP contribution is 2.28. The number of rotatable bonds is 2. The van der Waals surface area contributed by atoms with E-state index in [1.165, 1.54) is 6.07 Å². The molecule has 0 radical (unpaired) electrons. The summed E-state index contributed by atoms with van der Waals surface area (Å²) in [5.41, 5.74) is -0.994. The Morgan fingerprint density at radius 3 is 2.58 bits per heavy atom. The lowest BCUT2D eigenvalue weighted by atomic mass is 10.1. The highest BCUT2D eigenvalue weighted by Gasteiger charge is 2.33. The second-order valence-corrected chi connectivity index (χ2v) is 4.65. The Balaban J connectivity index is 2.19. The van der Waals surface area contributed by atoms with Gasteiger partial charge in [0.2, 0.25) is 0 Å². The largest absolute Gasteiger partial charge is 0.435 e. The number of alkyl halides is 3. The van der Waals surface area contributed by atoms with Crippen molar-refractivity contribution in [3.63, 3.8) is 0 Å². The first-order valence-electron chi connectivity index (χ1n) is 6.31. The van der Waals surface area contributed by atoms with Crippen LogP contribution in [0.4, 0.5) is 19.0 Å². The molecule has 7 heteroatoms. The minimum absolute atomic E-state index is 0.0251. The van der Waals surface area contributed by atoms with Gasteiger partial charge in [0.05, 0.1) is 12.6 Å². The predicted octanol–water partition coefficient (Wildman–Crippen LogP) is 2.24. The van der Waals surface area contributed by atoms with Gasteiger partial charge in [-0.15, -0.1) is 10.2 Å². The topological polar surface area (TPSA) is 49.2 Å². The molecule has 1 aromatic rings. The standard InChI is InChI=1S/C12H16F3N3O/c13-12(14,15)10-5-6-11(17-16-10)18-7-3-1-2-4-9(18)8-19/h5-6,9,19H,1-4,7-8H2. The van der Waals surface area contributed by atoms with Crippen LogP contribution in [0.1, 0.15) is 31.4 Å². The van der Waals surface area contributed by atoms with Gasteiger partial charge in [0, 0.05) is 6.54 Å². The zero-order chi connectivity index (χ0) is 13.9. The van der Waals surface area contributed by atoms with Crippen LogP contribution >= 0.6 is 0 Å². The van der Waals surface area contributed by atoms with Gasteiger partial charge in [-0.1, -0.05) is 12.8 Å². The van der Waals surface area contributed by atoms with Gasteiger partial charge in [-0.2, -0.15) is 13.2 Å². The molecule has 0 aromatic carbocycles. The maximum absolute atomic E-state index is 12.4. The zero-order valence-corrected chi connectivity index (χ0v) is 10.4. The van der Waals surface area contributed by atoms with Gasteiger partial charge in [0.1, 0.15) is 0 Å². The molecule has 1 fully saturated rings. The van der Waals surface area contributed by atoms with Crippen molar-refractivity contribution >= 4 is 5.82 Å². The van der Waals surface area contributed by atoms with Gasteiger partial charge in [-0.05, 0) is 25.0 Å². The SMILES string of the molecule is OCC1CCCCCN1c1ccc(C(F)(F)F)nn1. The Labute approximate surface area is 109 Å². The highest BCUT2D eigenvalue weighted by atomic mass is 19.4. The van der Waals surface area contributed by atoms with E-state index in [9.17, 15) is 18.3 Å². The predicted molar refractivity (Wildman–Crippen MR) is 63.7 cm³/mol. The van der Waals surface area contributed by atoms with E-state index < -0.39 is 11.9 Å². The molecule has 1 aromatic heterocycles. The zero-order valence-electron chi connectivity index (χ0n) is 10.4. The van der Waals surface area contributed by atoms with E-state index in [0.717, 1.165) is 31.7 Å². The summed E-state index contributed by atoms with van der Waals surface area (Å²) in [5.74, 6) is 0.397. The Morgan fingerprint density at radius 1 is 1.21 bits per heavy atom. The molecular weight excluding hydrogens is 259 g/mol. The molecule has 106 valence electrons. The second kappa shape index (κ2) is 5.73. The van der Waals surface area contributed by atoms with Gasteiger partial charge in [0.15, 0.2) is 11.5 Å². The third kappa shape index (κ3) is 3.34. The third-order valence-electron chi connectivity index (χ3n) is 3.32. The molecule has 1 N–H and O–H groups in total. The summed E-state index contributed by atoms with van der Waals surface area (Å²) in [5, 5.41) is 16.2. The van der Waals surface area contributed by atoms with Crippen LogP contribution in [-0.4, -0.2) is 34.5 Å². The van der Waals surface area contributed by atoms with Crippen LogP contribution in [0.15, 0.2) is 12.1 Å². The van der Waals surface area contributed by atoms with Crippen LogP contribution < -0.4 is 4.90 Å². The van der Waals surface area contributed by atoms with E-state index in [2.05, 4.69) is 10.2 Å². The molecule has 1 aliphatic rings. The van der Waals surface area contributed by atoms with E-state index in [0.29, 0.717) is 12.4 Å². The van der Waals surface area contributed by atoms with E-state index in [4.69, 9.17) is 0 Å². The molecule has 0 aliphatic carbocycles. The van der Waals surface area contributed by atoms with Gasteiger partial charge in [-0.25, -0.2) is 0 Å². The molecule has 0 saturated carbocycles. The molecule has 2 rings (SSSR count). The Hall–Kier alpha value is -1.37. The van der Waals surface area contributed by atoms with Crippen LogP contribution in [0.3, 0.4) is 0 Å². The summed E-state index contributed by atoms with van der Waals surface area (Å²) in [4.78, 5) is 1.85. The van der Waals surface area contributed by atoms with Crippen LogP contribution in [0.25, 0.3) is 0 Å². The fraction of sp³-hybridized carbons (Fsp3) is 0.667. The average molecular weight is 275 g/mol. The van der Waals surface area contributed by atoms with Crippen molar-refractivity contribution in [2.75, 3.05) is 18.1 Å². The summed E-state index contributed by atoms with van der Waals surface area (Å²) in [7, 11) is 0. The lowest BCUT2D eigenvalue weighted by Crippen LogP contribution is -2.38. The summed E-state index contributed by atoms with van der Waals surface area (Å²) < 4.78 is 37.2. The molecule has 1 aliphatic heterocycles. The number of anilines is 1.